The molecule has 0 saturated carbocycles. The van der Waals surface area contributed by atoms with Crippen LogP contribution in [0.15, 0.2) is 9.59 Å². The summed E-state index contributed by atoms with van der Waals surface area (Å²) in [6, 6.07) is 0. The third kappa shape index (κ3) is 2.13. The number of nitrogens with one attached hydrogen (secondary N) is 1. The Morgan fingerprint density at radius 1 is 1.20 bits per heavy atom. The molecule has 0 aliphatic carbocycles. The first kappa shape index (κ1) is 14.4. The Morgan fingerprint density at radius 3 is 2.40 bits per heavy atom. The zero-order valence-corrected chi connectivity index (χ0v) is 12.6. The summed E-state index contributed by atoms with van der Waals surface area (Å²) < 4.78 is 4.40. The maximum Gasteiger partial charge on any atom is 0.332 e. The molecule has 0 radical (unpaired) electrons. The number of aryl methyl sites for hydroxylation is 1. The van der Waals surface area contributed by atoms with Gasteiger partial charge in [-0.1, -0.05) is 13.8 Å². The maximum absolute atomic E-state index is 12.4. The fourth-order valence-corrected chi connectivity index (χ4v) is 2.28. The highest BCUT2D eigenvalue weighted by Gasteiger charge is 2.19. The molecule has 0 saturated heterocycles. The normalized spacial score (nSPS) is 11.5. The van der Waals surface area contributed by atoms with Crippen LogP contribution in [0.25, 0.3) is 11.2 Å². The molecule has 0 bridgehead atoms. The lowest BCUT2D eigenvalue weighted by Gasteiger charge is -2.11. The summed E-state index contributed by atoms with van der Waals surface area (Å²) >= 11 is 0. The second-order valence-corrected chi connectivity index (χ2v) is 5.35. The molecule has 0 aliphatic rings. The van der Waals surface area contributed by atoms with Gasteiger partial charge < -0.3 is 9.88 Å². The molecule has 0 unspecified atom stereocenters. The molecule has 2 aromatic rings. The summed E-state index contributed by atoms with van der Waals surface area (Å²) in [5, 5.41) is 3.15. The van der Waals surface area contributed by atoms with Gasteiger partial charge in [0, 0.05) is 27.2 Å². The highest BCUT2D eigenvalue weighted by Crippen LogP contribution is 2.17. The molecule has 0 spiro atoms. The average Bonchev–Trinajstić information content (AvgIpc) is 2.73. The summed E-state index contributed by atoms with van der Waals surface area (Å²) in [5.41, 5.74) is 0.231. The molecule has 0 amide bonds. The average molecular weight is 279 g/mol. The van der Waals surface area contributed by atoms with Gasteiger partial charge >= 0.3 is 5.69 Å². The van der Waals surface area contributed by atoms with E-state index in [1.54, 1.807) is 7.05 Å². The lowest BCUT2D eigenvalue weighted by molar-refractivity contribution is 0.534. The van der Waals surface area contributed by atoms with Crippen LogP contribution in [0.3, 0.4) is 0 Å². The zero-order chi connectivity index (χ0) is 15.0. The molecule has 2 heterocycles. The van der Waals surface area contributed by atoms with Crippen molar-refractivity contribution in [1.82, 2.24) is 18.7 Å². The quantitative estimate of drug-likeness (QED) is 0.885. The number of imidazole rings is 1. The van der Waals surface area contributed by atoms with E-state index in [9.17, 15) is 9.59 Å². The standard InChI is InChI=1S/C13H21N5O2/c1-6-14-12-15-10-9(18(12)7-8(2)3)11(19)17(5)13(20)16(10)4/h8H,6-7H2,1-5H3,(H,14,15). The predicted molar refractivity (Wildman–Crippen MR) is 79.2 cm³/mol. The Balaban J connectivity index is 2.89. The van der Waals surface area contributed by atoms with Gasteiger partial charge in [-0.05, 0) is 12.8 Å². The van der Waals surface area contributed by atoms with Crippen LogP contribution in [0.1, 0.15) is 20.8 Å². The van der Waals surface area contributed by atoms with Gasteiger partial charge in [0.1, 0.15) is 0 Å². The van der Waals surface area contributed by atoms with Crippen LogP contribution in [0, 0.1) is 5.92 Å². The third-order valence-electron chi connectivity index (χ3n) is 3.23. The van der Waals surface area contributed by atoms with Crippen molar-refractivity contribution >= 4 is 17.1 Å². The van der Waals surface area contributed by atoms with Gasteiger partial charge in [-0.2, -0.15) is 4.98 Å². The lowest BCUT2D eigenvalue weighted by atomic mass is 10.2. The number of hydrogen-bond donors (Lipinski definition) is 1. The Bertz CT molecular complexity index is 751. The second kappa shape index (κ2) is 5.15. The van der Waals surface area contributed by atoms with Crippen molar-refractivity contribution in [1.29, 1.82) is 0 Å². The number of rotatable bonds is 4. The van der Waals surface area contributed by atoms with E-state index in [0.29, 0.717) is 36.1 Å². The molecule has 7 nitrogen and oxygen atoms in total. The van der Waals surface area contributed by atoms with E-state index in [2.05, 4.69) is 24.1 Å². The number of aromatic nitrogens is 4. The first-order valence-electron chi connectivity index (χ1n) is 6.78. The van der Waals surface area contributed by atoms with Gasteiger partial charge in [0.05, 0.1) is 0 Å². The predicted octanol–water partition coefficient (Wildman–Crippen LogP) is 0.521. The molecular weight excluding hydrogens is 258 g/mol. The molecule has 0 aliphatic heterocycles. The fraction of sp³-hybridized carbons (Fsp3) is 0.615. The smallest absolute Gasteiger partial charge is 0.332 e. The van der Waals surface area contributed by atoms with Crippen molar-refractivity contribution < 1.29 is 0 Å². The van der Waals surface area contributed by atoms with Gasteiger partial charge in [0.25, 0.3) is 5.56 Å². The number of anilines is 1. The van der Waals surface area contributed by atoms with Crippen LogP contribution in [-0.2, 0) is 20.6 Å². The molecule has 1 N–H and O–H groups in total. The van der Waals surface area contributed by atoms with E-state index in [1.807, 2.05) is 11.5 Å². The minimum Gasteiger partial charge on any atom is -0.356 e. The highest BCUT2D eigenvalue weighted by atomic mass is 16.2. The number of nitrogens with zero attached hydrogens (tertiary/aromatic N) is 4. The fourth-order valence-electron chi connectivity index (χ4n) is 2.28. The van der Waals surface area contributed by atoms with E-state index < -0.39 is 0 Å². The van der Waals surface area contributed by atoms with E-state index in [1.165, 1.54) is 11.6 Å². The Morgan fingerprint density at radius 2 is 1.85 bits per heavy atom. The zero-order valence-electron chi connectivity index (χ0n) is 12.6. The number of fused-ring (bicyclic) bond motifs is 1. The highest BCUT2D eigenvalue weighted by molar-refractivity contribution is 5.74. The minimum atomic E-state index is -0.361. The molecule has 110 valence electrons. The van der Waals surface area contributed by atoms with Crippen molar-refractivity contribution in [2.45, 2.75) is 27.3 Å². The van der Waals surface area contributed by atoms with Crippen LogP contribution in [0.5, 0.6) is 0 Å². The summed E-state index contributed by atoms with van der Waals surface area (Å²) in [7, 11) is 3.12. The SMILES string of the molecule is CCNc1nc2c(c(=O)n(C)c(=O)n2C)n1CC(C)C. The van der Waals surface area contributed by atoms with Crippen molar-refractivity contribution in [3.05, 3.63) is 20.8 Å². The van der Waals surface area contributed by atoms with Crippen molar-refractivity contribution in [2.24, 2.45) is 20.0 Å². The Kier molecular flexibility index (Phi) is 3.69. The Labute approximate surface area is 116 Å². The van der Waals surface area contributed by atoms with Crippen LogP contribution in [-0.4, -0.2) is 25.2 Å². The first-order chi connectivity index (χ1) is 9.38. The lowest BCUT2D eigenvalue weighted by Crippen LogP contribution is -2.37. The van der Waals surface area contributed by atoms with Crippen molar-refractivity contribution in [3.63, 3.8) is 0 Å². The van der Waals surface area contributed by atoms with Gasteiger partial charge in [-0.15, -0.1) is 0 Å². The topological polar surface area (TPSA) is 73.8 Å². The third-order valence-corrected chi connectivity index (χ3v) is 3.23. The summed E-state index contributed by atoms with van der Waals surface area (Å²) in [6.07, 6.45) is 0. The molecule has 0 atom stereocenters. The summed E-state index contributed by atoms with van der Waals surface area (Å²) in [4.78, 5) is 28.8. The molecule has 20 heavy (non-hydrogen) atoms. The summed E-state index contributed by atoms with van der Waals surface area (Å²) in [5.74, 6) is 1.00. The van der Waals surface area contributed by atoms with E-state index in [0.717, 1.165) is 4.57 Å². The molecule has 2 rings (SSSR count). The van der Waals surface area contributed by atoms with Gasteiger partial charge in [-0.25, -0.2) is 4.79 Å². The first-order valence-corrected chi connectivity index (χ1v) is 6.78. The van der Waals surface area contributed by atoms with Crippen LogP contribution in [0.2, 0.25) is 0 Å². The molecular formula is C13H21N5O2. The van der Waals surface area contributed by atoms with Crippen molar-refractivity contribution in [3.8, 4) is 0 Å². The van der Waals surface area contributed by atoms with E-state index >= 15 is 0 Å². The van der Waals surface area contributed by atoms with Gasteiger partial charge in [0.15, 0.2) is 11.2 Å². The van der Waals surface area contributed by atoms with E-state index in [-0.39, 0.29) is 11.2 Å². The van der Waals surface area contributed by atoms with Crippen LogP contribution >= 0.6 is 0 Å². The van der Waals surface area contributed by atoms with Crippen LogP contribution < -0.4 is 16.6 Å². The maximum atomic E-state index is 12.4. The monoisotopic (exact) mass is 279 g/mol. The second-order valence-electron chi connectivity index (χ2n) is 5.35. The Hall–Kier alpha value is -2.05. The minimum absolute atomic E-state index is 0.305. The van der Waals surface area contributed by atoms with E-state index in [4.69, 9.17) is 0 Å². The van der Waals surface area contributed by atoms with Crippen LogP contribution in [0.4, 0.5) is 5.95 Å². The molecule has 7 heteroatoms. The molecule has 0 aromatic carbocycles. The van der Waals surface area contributed by atoms with Gasteiger partial charge in [-0.3, -0.25) is 13.9 Å². The van der Waals surface area contributed by atoms with Gasteiger partial charge in [0.2, 0.25) is 5.95 Å². The summed E-state index contributed by atoms with van der Waals surface area (Å²) in [6.45, 7) is 7.50. The van der Waals surface area contributed by atoms with Crippen molar-refractivity contribution in [2.75, 3.05) is 11.9 Å². The molecule has 2 aromatic heterocycles. The molecule has 0 fully saturated rings. The number of hydrogen-bond acceptors (Lipinski definition) is 4. The largest absolute Gasteiger partial charge is 0.356 e.